The number of carbonyl (C=O) groups is 2. The van der Waals surface area contributed by atoms with Gasteiger partial charge in [0.1, 0.15) is 0 Å². The second-order valence-corrected chi connectivity index (χ2v) is 7.26. The van der Waals surface area contributed by atoms with Crippen LogP contribution in [-0.4, -0.2) is 61.1 Å². The number of likely N-dealkylation sites (tertiary alicyclic amines) is 1. The summed E-state index contributed by atoms with van der Waals surface area (Å²) < 4.78 is 6.28. The van der Waals surface area contributed by atoms with Gasteiger partial charge in [0.2, 0.25) is 11.8 Å². The van der Waals surface area contributed by atoms with Gasteiger partial charge in [-0.25, -0.2) is 0 Å². The predicted octanol–water partition coefficient (Wildman–Crippen LogP) is 1.80. The van der Waals surface area contributed by atoms with E-state index in [-0.39, 0.29) is 24.0 Å². The van der Waals surface area contributed by atoms with Gasteiger partial charge < -0.3 is 19.9 Å². The van der Waals surface area contributed by atoms with Crippen molar-refractivity contribution in [1.29, 1.82) is 0 Å². The van der Waals surface area contributed by atoms with E-state index < -0.39 is 0 Å². The Kier molecular flexibility index (Phi) is 5.81. The molecule has 2 aliphatic heterocycles. The van der Waals surface area contributed by atoms with E-state index in [0.717, 1.165) is 32.4 Å². The first-order valence-corrected chi connectivity index (χ1v) is 9.51. The Labute approximate surface area is 155 Å². The molecule has 3 rings (SSSR count). The van der Waals surface area contributed by atoms with Crippen LogP contribution in [0.3, 0.4) is 0 Å². The van der Waals surface area contributed by atoms with Crippen LogP contribution < -0.4 is 10.2 Å². The Morgan fingerprint density at radius 2 is 1.96 bits per heavy atom. The van der Waals surface area contributed by atoms with E-state index in [1.165, 1.54) is 12.6 Å². The van der Waals surface area contributed by atoms with Gasteiger partial charge >= 0.3 is 0 Å². The molecular weight excluding hydrogens is 330 g/mol. The van der Waals surface area contributed by atoms with Crippen LogP contribution in [0, 0.1) is 0 Å². The second kappa shape index (κ2) is 8.08. The van der Waals surface area contributed by atoms with Gasteiger partial charge in [-0.2, -0.15) is 0 Å². The van der Waals surface area contributed by atoms with Crippen LogP contribution in [0.5, 0.6) is 0 Å². The fourth-order valence-corrected chi connectivity index (χ4v) is 4.12. The van der Waals surface area contributed by atoms with Gasteiger partial charge in [-0.05, 0) is 38.3 Å². The van der Waals surface area contributed by atoms with Crippen LogP contribution in [0.4, 0.5) is 5.69 Å². The van der Waals surface area contributed by atoms with Crippen molar-refractivity contribution in [2.24, 2.45) is 0 Å². The summed E-state index contributed by atoms with van der Waals surface area (Å²) in [6.45, 7) is 6.78. The average Bonchev–Trinajstić information content (AvgIpc) is 3.05. The Balaban J connectivity index is 1.55. The average molecular weight is 359 g/mol. The van der Waals surface area contributed by atoms with Crippen LogP contribution >= 0.6 is 0 Å². The lowest BCUT2D eigenvalue weighted by Gasteiger charge is -2.39. The maximum absolute atomic E-state index is 12.2. The van der Waals surface area contributed by atoms with E-state index in [0.29, 0.717) is 19.1 Å². The number of hydrogen-bond acceptors (Lipinski definition) is 4. The minimum Gasteiger partial charge on any atom is -0.373 e. The van der Waals surface area contributed by atoms with Crippen molar-refractivity contribution < 1.29 is 14.3 Å². The molecule has 0 aliphatic carbocycles. The highest BCUT2D eigenvalue weighted by Crippen LogP contribution is 2.38. The largest absolute Gasteiger partial charge is 0.373 e. The summed E-state index contributed by atoms with van der Waals surface area (Å²) in [7, 11) is 0. The number of nitrogens with zero attached hydrogens (tertiary/aromatic N) is 2. The van der Waals surface area contributed by atoms with Gasteiger partial charge in [-0.1, -0.05) is 18.2 Å². The van der Waals surface area contributed by atoms with E-state index in [1.807, 2.05) is 11.0 Å². The van der Waals surface area contributed by atoms with Gasteiger partial charge in [-0.3, -0.25) is 9.59 Å². The predicted molar refractivity (Wildman–Crippen MR) is 101 cm³/mol. The highest BCUT2D eigenvalue weighted by molar-refractivity contribution is 5.83. The van der Waals surface area contributed by atoms with Crippen LogP contribution in [0.1, 0.15) is 33.1 Å². The molecule has 1 aromatic carbocycles. The number of nitrogens with one attached hydrogen (secondary N) is 1. The lowest BCUT2D eigenvalue weighted by molar-refractivity contribution is -0.136. The lowest BCUT2D eigenvalue weighted by Crippen LogP contribution is -2.49. The third-order valence-corrected chi connectivity index (χ3v) is 5.57. The normalized spacial score (nSPS) is 21.6. The van der Waals surface area contributed by atoms with Crippen molar-refractivity contribution in [2.45, 2.75) is 44.8 Å². The number of anilines is 1. The molecule has 6 heteroatoms. The van der Waals surface area contributed by atoms with Gasteiger partial charge in [0.15, 0.2) is 0 Å². The van der Waals surface area contributed by atoms with Crippen LogP contribution in [-0.2, 0) is 14.3 Å². The van der Waals surface area contributed by atoms with E-state index in [9.17, 15) is 9.59 Å². The summed E-state index contributed by atoms with van der Waals surface area (Å²) in [5.41, 5.74) is 1.13. The number of piperidine rings is 1. The SMILES string of the molecule is CCN(c1ccccc1)[C@@H]1COC2(CCN(C(=O)CNC(C)=O)CC2)C1. The van der Waals surface area contributed by atoms with E-state index in [1.54, 1.807) is 0 Å². The van der Waals surface area contributed by atoms with Gasteiger partial charge in [-0.15, -0.1) is 0 Å². The molecule has 26 heavy (non-hydrogen) atoms. The van der Waals surface area contributed by atoms with E-state index in [2.05, 4.69) is 41.4 Å². The summed E-state index contributed by atoms with van der Waals surface area (Å²) in [4.78, 5) is 27.4. The topological polar surface area (TPSA) is 61.9 Å². The first kappa shape index (κ1) is 18.7. The molecule has 2 saturated heterocycles. The summed E-state index contributed by atoms with van der Waals surface area (Å²) in [5.74, 6) is -0.182. The number of para-hydroxylation sites is 1. The van der Waals surface area contributed by atoms with E-state index >= 15 is 0 Å². The number of carbonyl (C=O) groups excluding carboxylic acids is 2. The zero-order valence-corrected chi connectivity index (χ0v) is 15.7. The van der Waals surface area contributed by atoms with Crippen molar-refractivity contribution >= 4 is 17.5 Å². The molecule has 1 aromatic rings. The molecule has 2 fully saturated rings. The van der Waals surface area contributed by atoms with Crippen molar-refractivity contribution in [3.05, 3.63) is 30.3 Å². The molecule has 1 N–H and O–H groups in total. The summed E-state index contributed by atoms with van der Waals surface area (Å²) in [6, 6.07) is 10.9. The third kappa shape index (κ3) is 4.18. The molecule has 2 aliphatic rings. The molecule has 0 bridgehead atoms. The number of hydrogen-bond donors (Lipinski definition) is 1. The molecule has 0 radical (unpaired) electrons. The fourth-order valence-electron chi connectivity index (χ4n) is 4.12. The van der Waals surface area contributed by atoms with Gasteiger partial charge in [0, 0.05) is 32.2 Å². The summed E-state index contributed by atoms with van der Waals surface area (Å²) in [5, 5.41) is 2.58. The van der Waals surface area contributed by atoms with Crippen molar-refractivity contribution in [1.82, 2.24) is 10.2 Å². The molecule has 0 aromatic heterocycles. The molecule has 1 atom stereocenters. The molecule has 1 spiro atoms. The molecule has 0 saturated carbocycles. The first-order valence-electron chi connectivity index (χ1n) is 9.51. The van der Waals surface area contributed by atoms with Gasteiger partial charge in [0.25, 0.3) is 0 Å². The number of benzene rings is 1. The highest BCUT2D eigenvalue weighted by Gasteiger charge is 2.44. The summed E-state index contributed by atoms with van der Waals surface area (Å²) in [6.07, 6.45) is 2.73. The van der Waals surface area contributed by atoms with Crippen LogP contribution in [0.2, 0.25) is 0 Å². The summed E-state index contributed by atoms with van der Waals surface area (Å²) >= 11 is 0. The maximum atomic E-state index is 12.2. The maximum Gasteiger partial charge on any atom is 0.241 e. The first-order chi connectivity index (χ1) is 12.5. The second-order valence-electron chi connectivity index (χ2n) is 7.26. The number of likely N-dealkylation sites (N-methyl/N-ethyl adjacent to an activating group) is 1. The number of rotatable bonds is 5. The van der Waals surface area contributed by atoms with Gasteiger partial charge in [0.05, 0.1) is 24.8 Å². The molecule has 2 amide bonds. The van der Waals surface area contributed by atoms with Crippen molar-refractivity contribution in [3.8, 4) is 0 Å². The zero-order valence-electron chi connectivity index (χ0n) is 15.7. The Hall–Kier alpha value is -2.08. The highest BCUT2D eigenvalue weighted by atomic mass is 16.5. The monoisotopic (exact) mass is 359 g/mol. The fraction of sp³-hybridized carbons (Fsp3) is 0.600. The molecule has 6 nitrogen and oxygen atoms in total. The smallest absolute Gasteiger partial charge is 0.241 e. The van der Waals surface area contributed by atoms with Crippen LogP contribution in [0.25, 0.3) is 0 Å². The minimum absolute atomic E-state index is 0.0101. The Morgan fingerprint density at radius 3 is 2.58 bits per heavy atom. The quantitative estimate of drug-likeness (QED) is 0.871. The number of amides is 2. The van der Waals surface area contributed by atoms with Crippen molar-refractivity contribution in [3.63, 3.8) is 0 Å². The number of ether oxygens (including phenoxy) is 1. The standard InChI is InChI=1S/C20H29N3O3/c1-3-23(17-7-5-4-6-8-17)18-13-20(26-15-18)9-11-22(12-10-20)19(25)14-21-16(2)24/h4-8,18H,3,9-15H2,1-2H3,(H,21,24)/t18-/m0/s1. The zero-order chi connectivity index (χ0) is 18.6. The van der Waals surface area contributed by atoms with Crippen LogP contribution in [0.15, 0.2) is 30.3 Å². The molecule has 0 unspecified atom stereocenters. The lowest BCUT2D eigenvalue weighted by atomic mass is 9.87. The third-order valence-electron chi connectivity index (χ3n) is 5.57. The Bertz CT molecular complexity index is 626. The minimum atomic E-state index is -0.172. The Morgan fingerprint density at radius 1 is 1.27 bits per heavy atom. The van der Waals surface area contributed by atoms with E-state index in [4.69, 9.17) is 4.74 Å². The molecular formula is C20H29N3O3. The molecule has 2 heterocycles. The molecule has 142 valence electrons. The van der Waals surface area contributed by atoms with Crippen molar-refractivity contribution in [2.75, 3.05) is 37.7 Å².